The maximum Gasteiger partial charge on any atom is 0.303 e. The number of piperidine rings is 1. The first-order valence-electron chi connectivity index (χ1n) is 8.37. The fourth-order valence-corrected chi connectivity index (χ4v) is 3.88. The average Bonchev–Trinajstić information content (AvgIpc) is 2.89. The fourth-order valence-electron chi connectivity index (χ4n) is 3.88. The zero-order valence-electron chi connectivity index (χ0n) is 12.8. The van der Waals surface area contributed by atoms with Gasteiger partial charge in [0, 0.05) is 31.6 Å². The predicted octanol–water partition coefficient (Wildman–Crippen LogP) is 2.48. The summed E-state index contributed by atoms with van der Waals surface area (Å²) in [6.45, 7) is 5.60. The molecule has 1 aliphatic heterocycles. The third-order valence-corrected chi connectivity index (χ3v) is 4.75. The van der Waals surface area contributed by atoms with Crippen LogP contribution in [0.5, 0.6) is 0 Å². The summed E-state index contributed by atoms with van der Waals surface area (Å²) in [5.41, 5.74) is 0. The first-order valence-corrected chi connectivity index (χ1v) is 8.37. The van der Waals surface area contributed by atoms with Crippen molar-refractivity contribution in [2.24, 2.45) is 5.92 Å². The largest absolute Gasteiger partial charge is 0.481 e. The Bertz CT molecular complexity index is 303. The van der Waals surface area contributed by atoms with Gasteiger partial charge in [-0.2, -0.15) is 0 Å². The molecule has 2 rings (SSSR count). The molecule has 2 unspecified atom stereocenters. The van der Waals surface area contributed by atoms with Gasteiger partial charge in [-0.25, -0.2) is 0 Å². The number of hydrogen-bond donors (Lipinski definition) is 2. The lowest BCUT2D eigenvalue weighted by atomic mass is 9.89. The van der Waals surface area contributed by atoms with Gasteiger partial charge in [-0.1, -0.05) is 19.8 Å². The van der Waals surface area contributed by atoms with E-state index in [0.717, 1.165) is 32.5 Å². The van der Waals surface area contributed by atoms with Crippen molar-refractivity contribution < 1.29 is 9.90 Å². The van der Waals surface area contributed by atoms with Crippen LogP contribution in [0.1, 0.15) is 58.3 Å². The van der Waals surface area contributed by atoms with Crippen LogP contribution in [-0.2, 0) is 4.79 Å². The third kappa shape index (κ3) is 5.06. The first-order chi connectivity index (χ1) is 9.67. The number of carbonyl (C=O) groups is 1. The van der Waals surface area contributed by atoms with E-state index in [0.29, 0.717) is 24.4 Å². The van der Waals surface area contributed by atoms with Crippen molar-refractivity contribution in [2.45, 2.75) is 70.4 Å². The third-order valence-electron chi connectivity index (χ3n) is 4.75. The molecule has 2 aliphatic rings. The highest BCUT2D eigenvalue weighted by molar-refractivity contribution is 5.66. The Morgan fingerprint density at radius 3 is 2.65 bits per heavy atom. The summed E-state index contributed by atoms with van der Waals surface area (Å²) in [7, 11) is 0. The molecule has 116 valence electrons. The van der Waals surface area contributed by atoms with Gasteiger partial charge in [-0.3, -0.25) is 4.79 Å². The highest BCUT2D eigenvalue weighted by atomic mass is 16.4. The Hall–Kier alpha value is -0.610. The van der Waals surface area contributed by atoms with Crippen LogP contribution in [0.15, 0.2) is 0 Å². The number of rotatable bonds is 7. The van der Waals surface area contributed by atoms with E-state index in [1.807, 2.05) is 0 Å². The minimum absolute atomic E-state index is 0.320. The Balaban J connectivity index is 1.83. The van der Waals surface area contributed by atoms with E-state index < -0.39 is 5.97 Å². The van der Waals surface area contributed by atoms with E-state index in [1.165, 1.54) is 32.1 Å². The Kier molecular flexibility index (Phi) is 6.30. The zero-order chi connectivity index (χ0) is 14.4. The lowest BCUT2D eigenvalue weighted by molar-refractivity contribution is -0.137. The van der Waals surface area contributed by atoms with E-state index in [2.05, 4.69) is 17.1 Å². The minimum atomic E-state index is -0.655. The molecular formula is C16H30N2O2. The SMILES string of the molecule is CCCN1CC(CCC(=O)O)CC(NC2CCCC2)C1. The van der Waals surface area contributed by atoms with Gasteiger partial charge in [0.2, 0.25) is 0 Å². The number of aliphatic carboxylic acids is 1. The summed E-state index contributed by atoms with van der Waals surface area (Å²) in [5.74, 6) is -0.108. The minimum Gasteiger partial charge on any atom is -0.481 e. The van der Waals surface area contributed by atoms with Crippen LogP contribution in [-0.4, -0.2) is 47.7 Å². The number of nitrogens with zero attached hydrogens (tertiary/aromatic N) is 1. The van der Waals surface area contributed by atoms with Crippen LogP contribution < -0.4 is 5.32 Å². The lowest BCUT2D eigenvalue weighted by Gasteiger charge is -2.39. The Morgan fingerprint density at radius 2 is 2.00 bits per heavy atom. The van der Waals surface area contributed by atoms with E-state index in [9.17, 15) is 4.79 Å². The van der Waals surface area contributed by atoms with Gasteiger partial charge in [0.1, 0.15) is 0 Å². The van der Waals surface area contributed by atoms with Crippen LogP contribution in [0.25, 0.3) is 0 Å². The molecule has 1 saturated heterocycles. The molecule has 0 radical (unpaired) electrons. The Morgan fingerprint density at radius 1 is 1.25 bits per heavy atom. The summed E-state index contributed by atoms with van der Waals surface area (Å²) in [5, 5.41) is 12.7. The number of nitrogens with one attached hydrogen (secondary N) is 1. The van der Waals surface area contributed by atoms with E-state index in [4.69, 9.17) is 5.11 Å². The van der Waals surface area contributed by atoms with Gasteiger partial charge in [-0.05, 0) is 44.6 Å². The first kappa shape index (κ1) is 15.8. The van der Waals surface area contributed by atoms with Crippen LogP contribution in [0.3, 0.4) is 0 Å². The second-order valence-electron chi connectivity index (χ2n) is 6.64. The zero-order valence-corrected chi connectivity index (χ0v) is 12.8. The molecule has 4 nitrogen and oxygen atoms in total. The van der Waals surface area contributed by atoms with Crippen molar-refractivity contribution in [1.29, 1.82) is 0 Å². The molecule has 0 aromatic heterocycles. The fraction of sp³-hybridized carbons (Fsp3) is 0.938. The molecule has 1 heterocycles. The van der Waals surface area contributed by atoms with Crippen molar-refractivity contribution in [3.63, 3.8) is 0 Å². The van der Waals surface area contributed by atoms with Crippen molar-refractivity contribution in [3.05, 3.63) is 0 Å². The van der Waals surface area contributed by atoms with Gasteiger partial charge < -0.3 is 15.3 Å². The van der Waals surface area contributed by atoms with Gasteiger partial charge >= 0.3 is 5.97 Å². The van der Waals surface area contributed by atoms with Gasteiger partial charge in [-0.15, -0.1) is 0 Å². The summed E-state index contributed by atoms with van der Waals surface area (Å²) < 4.78 is 0. The van der Waals surface area contributed by atoms with Gasteiger partial charge in [0.15, 0.2) is 0 Å². The molecule has 2 N–H and O–H groups in total. The second-order valence-corrected chi connectivity index (χ2v) is 6.64. The van der Waals surface area contributed by atoms with Gasteiger partial charge in [0.25, 0.3) is 0 Å². The molecule has 4 heteroatoms. The Labute approximate surface area is 122 Å². The highest BCUT2D eigenvalue weighted by Crippen LogP contribution is 2.24. The van der Waals surface area contributed by atoms with E-state index >= 15 is 0 Å². The van der Waals surface area contributed by atoms with Crippen molar-refractivity contribution >= 4 is 5.97 Å². The summed E-state index contributed by atoms with van der Waals surface area (Å²) in [6.07, 6.45) is 8.87. The smallest absolute Gasteiger partial charge is 0.303 e. The topological polar surface area (TPSA) is 52.6 Å². The molecule has 0 amide bonds. The van der Waals surface area contributed by atoms with Crippen molar-refractivity contribution in [2.75, 3.05) is 19.6 Å². The highest BCUT2D eigenvalue weighted by Gasteiger charge is 2.29. The molecule has 0 bridgehead atoms. The molecule has 2 atom stereocenters. The van der Waals surface area contributed by atoms with E-state index in [1.54, 1.807) is 0 Å². The lowest BCUT2D eigenvalue weighted by Crippen LogP contribution is -2.51. The van der Waals surface area contributed by atoms with E-state index in [-0.39, 0.29) is 0 Å². The molecule has 0 aromatic rings. The van der Waals surface area contributed by atoms with Crippen LogP contribution in [0, 0.1) is 5.92 Å². The summed E-state index contributed by atoms with van der Waals surface area (Å²) in [6, 6.07) is 1.28. The number of hydrogen-bond acceptors (Lipinski definition) is 3. The number of likely N-dealkylation sites (tertiary alicyclic amines) is 1. The van der Waals surface area contributed by atoms with Crippen LogP contribution >= 0.6 is 0 Å². The van der Waals surface area contributed by atoms with Crippen LogP contribution in [0.4, 0.5) is 0 Å². The van der Waals surface area contributed by atoms with Crippen molar-refractivity contribution in [3.8, 4) is 0 Å². The average molecular weight is 282 g/mol. The monoisotopic (exact) mass is 282 g/mol. The van der Waals surface area contributed by atoms with Crippen molar-refractivity contribution in [1.82, 2.24) is 10.2 Å². The van der Waals surface area contributed by atoms with Crippen LogP contribution in [0.2, 0.25) is 0 Å². The summed E-state index contributed by atoms with van der Waals surface area (Å²) in [4.78, 5) is 13.3. The maximum absolute atomic E-state index is 10.8. The number of carboxylic acids is 1. The number of carboxylic acid groups (broad SMARTS) is 1. The van der Waals surface area contributed by atoms with Gasteiger partial charge in [0.05, 0.1) is 0 Å². The normalized spacial score (nSPS) is 28.9. The second kappa shape index (κ2) is 7.99. The quantitative estimate of drug-likeness (QED) is 0.753. The molecular weight excluding hydrogens is 252 g/mol. The standard InChI is InChI=1S/C16H30N2O2/c1-2-9-18-11-13(7-8-16(19)20)10-15(12-18)17-14-5-3-4-6-14/h13-15,17H,2-12H2,1H3,(H,19,20). The molecule has 2 fully saturated rings. The maximum atomic E-state index is 10.8. The molecule has 1 saturated carbocycles. The molecule has 20 heavy (non-hydrogen) atoms. The summed E-state index contributed by atoms with van der Waals surface area (Å²) >= 11 is 0. The molecule has 1 aliphatic carbocycles. The molecule has 0 aromatic carbocycles. The predicted molar refractivity (Wildman–Crippen MR) is 80.9 cm³/mol. The molecule has 0 spiro atoms.